The second-order valence-electron chi connectivity index (χ2n) is 30.6. The van der Waals surface area contributed by atoms with Gasteiger partial charge in [0, 0.05) is 89.3 Å². The van der Waals surface area contributed by atoms with Crippen molar-refractivity contribution in [1.82, 2.24) is 94.7 Å². The van der Waals surface area contributed by atoms with Gasteiger partial charge in [0.25, 0.3) is 35.4 Å². The average molecular weight is 1980 g/mol. The Kier molecular flexibility index (Phi) is 37.2. The zero-order valence-corrected chi connectivity index (χ0v) is 79.4. The summed E-state index contributed by atoms with van der Waals surface area (Å²) in [6, 6.07) is 52.5. The zero-order valence-electron chi connectivity index (χ0n) is 79.4. The third-order valence-corrected chi connectivity index (χ3v) is 19.7. The van der Waals surface area contributed by atoms with Crippen LogP contribution in [0.4, 0.5) is 70.4 Å². The van der Waals surface area contributed by atoms with Gasteiger partial charge >= 0.3 is 6.18 Å². The second kappa shape index (κ2) is 52.8. The Morgan fingerprint density at radius 2 is 0.743 bits per heavy atom. The van der Waals surface area contributed by atoms with E-state index in [0.29, 0.717) is 90.5 Å². The van der Waals surface area contributed by atoms with Gasteiger partial charge in [0.2, 0.25) is 11.8 Å². The van der Waals surface area contributed by atoms with Crippen LogP contribution in [-0.4, -0.2) is 151 Å². The van der Waals surface area contributed by atoms with Gasteiger partial charge in [0.15, 0.2) is 23.1 Å². The summed E-state index contributed by atoms with van der Waals surface area (Å²) >= 11 is 0. The number of nitrogens with one attached hydrogen (secondary N) is 6. The number of rotatable bonds is 26. The first-order chi connectivity index (χ1) is 71.8. The summed E-state index contributed by atoms with van der Waals surface area (Å²) in [5.74, 6) is 7.32. The van der Waals surface area contributed by atoms with Gasteiger partial charge in [-0.1, -0.05) is 77.1 Å². The van der Waals surface area contributed by atoms with Gasteiger partial charge in [0.05, 0.1) is 171 Å². The Labute approximate surface area is 844 Å². The molecule has 13 aromatic heterocycles. The molecule has 0 saturated heterocycles. The number of anilines is 10. The van der Waals surface area contributed by atoms with E-state index in [9.17, 15) is 41.9 Å². The molecule has 6 amide bonds. The van der Waals surface area contributed by atoms with Gasteiger partial charge in [0.1, 0.15) is 71.3 Å². The SMILES string of the molecule is C#Cc1cccc(C(=O)Nc2cncc(Oc3cccnc3)n2)c1.C#Cc1cccc(C(=O)Nc2cncc(Oc3cncnc3)n2)c1.CCN(c1cncnc1)c1cncc(NC(=O)c2cccc(C)c2)c1.COc1ccnc(C(=O)Nc2cncc(Oc3cncnc3)c2)c1.Cc1cccc(C(=O)Nc2cc(Oc3ccc(C(F)(F)F)nc3)ccn2)c1.Cc1cccc(C(=O)Nc2cncc(N(C)c3cncnc3)c2)c1. The van der Waals surface area contributed by atoms with Crippen LogP contribution in [-0.2, 0) is 6.18 Å². The molecule has 0 atom stereocenters. The number of ether oxygens (including phenoxy) is 5. The summed E-state index contributed by atoms with van der Waals surface area (Å²) in [6.07, 6.45) is 47.4. The molecule has 38 nitrogen and oxygen atoms in total. The second-order valence-corrected chi connectivity index (χ2v) is 30.6. The topological polar surface area (TPSA) is 472 Å². The highest BCUT2D eigenvalue weighted by Crippen LogP contribution is 2.33. The number of pyridine rings is 7. The van der Waals surface area contributed by atoms with E-state index < -0.39 is 11.9 Å². The van der Waals surface area contributed by atoms with E-state index in [4.69, 9.17) is 36.5 Å². The molecule has 0 fully saturated rings. The van der Waals surface area contributed by atoms with Crippen LogP contribution in [0.1, 0.15) is 103 Å². The summed E-state index contributed by atoms with van der Waals surface area (Å²) in [6.45, 7) is 8.55. The van der Waals surface area contributed by atoms with Crippen LogP contribution in [0.25, 0.3) is 0 Å². The zero-order chi connectivity index (χ0) is 104. The molecule has 18 aromatic rings. The minimum atomic E-state index is -4.51. The van der Waals surface area contributed by atoms with Crippen LogP contribution in [0, 0.1) is 45.5 Å². The highest BCUT2D eigenvalue weighted by Gasteiger charge is 2.32. The molecule has 0 aliphatic carbocycles. The molecule has 0 spiro atoms. The molecule has 13 heterocycles. The van der Waals surface area contributed by atoms with Crippen molar-refractivity contribution in [3.8, 4) is 76.7 Å². The van der Waals surface area contributed by atoms with Crippen molar-refractivity contribution in [1.29, 1.82) is 0 Å². The van der Waals surface area contributed by atoms with Crippen LogP contribution in [0.5, 0.6) is 52.0 Å². The molecule has 148 heavy (non-hydrogen) atoms. The molecular weight excluding hydrogens is 1900 g/mol. The maximum absolute atomic E-state index is 12.5. The number of hydrogen-bond donors (Lipinski definition) is 6. The first kappa shape index (κ1) is 104. The van der Waals surface area contributed by atoms with Crippen molar-refractivity contribution in [2.75, 3.05) is 62.4 Å². The largest absolute Gasteiger partial charge is 0.497 e. The molecule has 736 valence electrons. The quantitative estimate of drug-likeness (QED) is 0.0274. The van der Waals surface area contributed by atoms with Crippen LogP contribution in [0.2, 0.25) is 0 Å². The first-order valence-electron chi connectivity index (χ1n) is 44.2. The van der Waals surface area contributed by atoms with Crippen LogP contribution in [0.15, 0.2) is 356 Å². The summed E-state index contributed by atoms with van der Waals surface area (Å²) in [5.41, 5.74) is 11.2. The number of alkyl halides is 3. The molecule has 18 rings (SSSR count). The third-order valence-electron chi connectivity index (χ3n) is 19.7. The summed E-state index contributed by atoms with van der Waals surface area (Å²) in [5, 5.41) is 16.4. The predicted octanol–water partition coefficient (Wildman–Crippen LogP) is 19.1. The van der Waals surface area contributed by atoms with Crippen molar-refractivity contribution in [2.24, 2.45) is 0 Å². The molecule has 0 radical (unpaired) electrons. The van der Waals surface area contributed by atoms with Gasteiger partial charge in [-0.2, -0.15) is 23.1 Å². The number of amides is 6. The molecular formula is C107H86F3N27O11. The van der Waals surface area contributed by atoms with Gasteiger partial charge in [-0.25, -0.2) is 49.8 Å². The number of benzene rings is 5. The number of methoxy groups -OCH3 is 1. The molecule has 0 unspecified atom stereocenters. The number of carbonyl (C=O) groups is 6. The smallest absolute Gasteiger partial charge is 0.433 e. The van der Waals surface area contributed by atoms with Crippen molar-refractivity contribution < 1.29 is 65.6 Å². The Morgan fingerprint density at radius 3 is 1.24 bits per heavy atom. The number of terminal acetylenes is 2. The van der Waals surface area contributed by atoms with Crippen LogP contribution < -0.4 is 65.4 Å². The van der Waals surface area contributed by atoms with Crippen molar-refractivity contribution in [3.63, 3.8) is 0 Å². The number of aromatic nitrogens is 19. The number of carbonyl (C=O) groups excluding carboxylic acids is 6. The first-order valence-corrected chi connectivity index (χ1v) is 44.2. The van der Waals surface area contributed by atoms with E-state index in [2.05, 4.69) is 138 Å². The van der Waals surface area contributed by atoms with Crippen LogP contribution >= 0.6 is 0 Å². The minimum Gasteiger partial charge on any atom is -0.497 e. The molecule has 41 heteroatoms. The fourth-order valence-electron chi connectivity index (χ4n) is 12.8. The maximum atomic E-state index is 12.5. The van der Waals surface area contributed by atoms with E-state index in [-0.39, 0.29) is 76.1 Å². The van der Waals surface area contributed by atoms with Gasteiger partial charge in [-0.05, 0) is 149 Å². The summed E-state index contributed by atoms with van der Waals surface area (Å²) in [4.78, 5) is 153. The Hall–Kier alpha value is -21.0. The molecule has 0 aliphatic rings. The lowest BCUT2D eigenvalue weighted by atomic mass is 10.1. The normalized spacial score (nSPS) is 10.2. The molecule has 5 aromatic carbocycles. The Morgan fingerprint density at radius 1 is 0.331 bits per heavy atom. The highest BCUT2D eigenvalue weighted by molar-refractivity contribution is 6.07. The third kappa shape index (κ3) is 32.5. The van der Waals surface area contributed by atoms with E-state index in [1.165, 1.54) is 125 Å². The fraction of sp³-hybridized carbons (Fsp3) is 0.0748. The monoisotopic (exact) mass is 1980 g/mol. The standard InChI is InChI=1S/C19H14F3N3O2.C19H19N5O.C18H17N5O.C18H12N4O2.C17H11N5O2.C16H13N5O3/c1-12-3-2-4-13(9-12)18(26)25-17-10-14(7-8-23-17)27-15-5-6-16(24-11-15)19(20,21)22;1-3-24(18-11-21-13-22-12-18)17-8-16(9-20-10-17)23-19(25)15-6-4-5-14(2)7-15;1-13-4-3-5-14(6-13)18(24)22-15-7-16(9-19-8-15)23(2)17-10-20-12-21-11-17;1-2-13-5-3-6-14(9-13)18(23)22-16-11-20-12-17(21-16)24-15-7-4-8-19-10-15;1-2-12-4-3-5-13(6-12)17(23)22-15-9-18-10-16(21-15)24-14-7-19-11-20-8-14;1-23-12-2-3-20-15(5-12)16(22)21-11-4-13(7-17-6-11)24-14-8-18-10-19-9-14/h2-11H,1H3,(H,23,25,26);4-13H,3H2,1-2H3,(H,23,25);3-12H,1-2H3,(H,22,24);1,3-12H,(H,21,22,23);1,3-11H,(H,21,22,23);2-10H,1H3,(H,21,22). The molecule has 0 aliphatic heterocycles. The van der Waals surface area contributed by atoms with Crippen molar-refractivity contribution in [2.45, 2.75) is 33.9 Å². The van der Waals surface area contributed by atoms with Gasteiger partial charge in [-0.3, -0.25) is 63.7 Å². The molecule has 0 saturated carbocycles. The minimum absolute atomic E-state index is 0.130. The number of aryl methyl sites for hydroxylation is 3. The fourth-order valence-corrected chi connectivity index (χ4v) is 12.8. The van der Waals surface area contributed by atoms with E-state index in [1.54, 1.807) is 171 Å². The highest BCUT2D eigenvalue weighted by atomic mass is 19.4. The number of halogens is 3. The van der Waals surface area contributed by atoms with Crippen LogP contribution in [0.3, 0.4) is 0 Å². The summed E-state index contributed by atoms with van der Waals surface area (Å²) < 4.78 is 64.7. The van der Waals surface area contributed by atoms with Gasteiger partial charge in [-0.15, -0.1) is 12.8 Å². The number of hydrogen-bond acceptors (Lipinski definition) is 32. The lowest BCUT2D eigenvalue weighted by Gasteiger charge is -2.22. The summed E-state index contributed by atoms with van der Waals surface area (Å²) in [7, 11) is 3.41. The maximum Gasteiger partial charge on any atom is 0.433 e. The van der Waals surface area contributed by atoms with Crippen molar-refractivity contribution >= 4 is 92.7 Å². The Bertz CT molecular complexity index is 7500. The van der Waals surface area contributed by atoms with Crippen molar-refractivity contribution in [3.05, 3.63) is 423 Å². The average Bonchev–Trinajstić information content (AvgIpc) is 0.840. The Balaban J connectivity index is 0.000000148. The van der Waals surface area contributed by atoms with Gasteiger partial charge < -0.3 is 65.4 Å². The molecule has 0 bridgehead atoms. The number of nitrogens with zero attached hydrogens (tertiary/aromatic N) is 21. The van der Waals surface area contributed by atoms with E-state index in [1.807, 2.05) is 99.1 Å². The van der Waals surface area contributed by atoms with E-state index in [0.717, 1.165) is 58.2 Å². The lowest BCUT2D eigenvalue weighted by molar-refractivity contribution is -0.141. The lowest BCUT2D eigenvalue weighted by Crippen LogP contribution is -2.17. The molecule has 6 N–H and O–H groups in total. The van der Waals surface area contributed by atoms with E-state index >= 15 is 0 Å². The predicted molar refractivity (Wildman–Crippen MR) is 544 cm³/mol.